The number of aromatic nitrogens is 2. The molecule has 0 aliphatic rings. The molecule has 6 heteroatoms. The summed E-state index contributed by atoms with van der Waals surface area (Å²) < 4.78 is 1.54. The zero-order valence-corrected chi connectivity index (χ0v) is 10.4. The summed E-state index contributed by atoms with van der Waals surface area (Å²) >= 11 is 0. The van der Waals surface area contributed by atoms with Crippen LogP contribution in [-0.4, -0.2) is 20.6 Å². The van der Waals surface area contributed by atoms with E-state index < -0.39 is 5.97 Å². The average Bonchev–Trinajstić information content (AvgIpc) is 2.82. The SMILES string of the molecule is N#Cc1ncn(Cc2ccccc2CC(=O)O)c1C#N. The van der Waals surface area contributed by atoms with E-state index in [4.69, 9.17) is 15.6 Å². The van der Waals surface area contributed by atoms with Crippen molar-refractivity contribution in [3.8, 4) is 12.1 Å². The molecule has 2 rings (SSSR count). The predicted molar refractivity (Wildman–Crippen MR) is 68.5 cm³/mol. The van der Waals surface area contributed by atoms with Gasteiger partial charge in [-0.15, -0.1) is 0 Å². The fourth-order valence-corrected chi connectivity index (χ4v) is 1.93. The molecule has 0 radical (unpaired) electrons. The third kappa shape index (κ3) is 2.65. The Morgan fingerprint density at radius 3 is 2.55 bits per heavy atom. The van der Waals surface area contributed by atoms with Crippen LogP contribution in [0.1, 0.15) is 22.5 Å². The summed E-state index contributed by atoms with van der Waals surface area (Å²) in [4.78, 5) is 14.7. The number of carboxylic acids is 1. The first-order valence-corrected chi connectivity index (χ1v) is 5.79. The molecule has 0 unspecified atom stereocenters. The quantitative estimate of drug-likeness (QED) is 0.898. The van der Waals surface area contributed by atoms with E-state index in [0.717, 1.165) is 5.56 Å². The molecule has 0 saturated heterocycles. The Morgan fingerprint density at radius 1 is 1.25 bits per heavy atom. The number of aliphatic carboxylic acids is 1. The third-order valence-corrected chi connectivity index (χ3v) is 2.85. The second-order valence-electron chi connectivity index (χ2n) is 4.13. The fourth-order valence-electron chi connectivity index (χ4n) is 1.93. The van der Waals surface area contributed by atoms with Crippen molar-refractivity contribution < 1.29 is 9.90 Å². The van der Waals surface area contributed by atoms with E-state index in [0.29, 0.717) is 12.1 Å². The van der Waals surface area contributed by atoms with Crippen LogP contribution < -0.4 is 0 Å². The van der Waals surface area contributed by atoms with Crippen molar-refractivity contribution in [3.63, 3.8) is 0 Å². The van der Waals surface area contributed by atoms with E-state index in [1.807, 2.05) is 12.1 Å². The Labute approximate surface area is 115 Å². The lowest BCUT2D eigenvalue weighted by Gasteiger charge is -2.09. The molecule has 6 nitrogen and oxygen atoms in total. The first kappa shape index (κ1) is 13.3. The number of nitriles is 2. The molecule has 1 aromatic carbocycles. The molecular weight excluding hydrogens is 256 g/mol. The van der Waals surface area contributed by atoms with Gasteiger partial charge in [0.05, 0.1) is 19.3 Å². The zero-order valence-electron chi connectivity index (χ0n) is 10.4. The van der Waals surface area contributed by atoms with Crippen LogP contribution in [0.2, 0.25) is 0 Å². The maximum absolute atomic E-state index is 10.8. The van der Waals surface area contributed by atoms with Crippen molar-refractivity contribution in [1.82, 2.24) is 9.55 Å². The van der Waals surface area contributed by atoms with Crippen LogP contribution in [0.3, 0.4) is 0 Å². The van der Waals surface area contributed by atoms with Crippen LogP contribution in [-0.2, 0) is 17.8 Å². The lowest BCUT2D eigenvalue weighted by atomic mass is 10.0. The molecular formula is C14H10N4O2. The van der Waals surface area contributed by atoms with Crippen molar-refractivity contribution in [1.29, 1.82) is 10.5 Å². The van der Waals surface area contributed by atoms with Gasteiger partial charge in [0, 0.05) is 0 Å². The van der Waals surface area contributed by atoms with Crippen molar-refractivity contribution in [2.24, 2.45) is 0 Å². The number of hydrogen-bond donors (Lipinski definition) is 1. The van der Waals surface area contributed by atoms with Crippen LogP contribution in [0.15, 0.2) is 30.6 Å². The van der Waals surface area contributed by atoms with Gasteiger partial charge in [0.2, 0.25) is 0 Å². The summed E-state index contributed by atoms with van der Waals surface area (Å²) in [6.45, 7) is 0.307. The molecule has 0 bridgehead atoms. The summed E-state index contributed by atoms with van der Waals surface area (Å²) in [5.74, 6) is -0.915. The van der Waals surface area contributed by atoms with Crippen molar-refractivity contribution in [3.05, 3.63) is 53.1 Å². The summed E-state index contributed by atoms with van der Waals surface area (Å²) in [7, 11) is 0. The minimum Gasteiger partial charge on any atom is -0.481 e. The number of hydrogen-bond acceptors (Lipinski definition) is 4. The van der Waals surface area contributed by atoms with Gasteiger partial charge in [0.15, 0.2) is 11.4 Å². The fraction of sp³-hybridized carbons (Fsp3) is 0.143. The molecule has 0 saturated carbocycles. The largest absolute Gasteiger partial charge is 0.481 e. The molecule has 20 heavy (non-hydrogen) atoms. The molecule has 0 atom stereocenters. The number of imidazole rings is 1. The van der Waals surface area contributed by atoms with E-state index in [2.05, 4.69) is 4.98 Å². The number of benzene rings is 1. The topological polar surface area (TPSA) is 103 Å². The van der Waals surface area contributed by atoms with Crippen molar-refractivity contribution in [2.75, 3.05) is 0 Å². The van der Waals surface area contributed by atoms with E-state index in [-0.39, 0.29) is 17.8 Å². The van der Waals surface area contributed by atoms with E-state index in [1.165, 1.54) is 6.33 Å². The first-order chi connectivity index (χ1) is 9.65. The highest BCUT2D eigenvalue weighted by Crippen LogP contribution is 2.14. The van der Waals surface area contributed by atoms with E-state index in [1.54, 1.807) is 28.8 Å². The minimum absolute atomic E-state index is 0.0724. The monoisotopic (exact) mass is 266 g/mol. The molecule has 2 aromatic rings. The Kier molecular flexibility index (Phi) is 3.78. The van der Waals surface area contributed by atoms with Gasteiger partial charge in [-0.2, -0.15) is 10.5 Å². The van der Waals surface area contributed by atoms with Gasteiger partial charge in [-0.25, -0.2) is 4.98 Å². The minimum atomic E-state index is -0.915. The maximum Gasteiger partial charge on any atom is 0.307 e. The lowest BCUT2D eigenvalue weighted by molar-refractivity contribution is -0.136. The second kappa shape index (κ2) is 5.68. The highest BCUT2D eigenvalue weighted by atomic mass is 16.4. The third-order valence-electron chi connectivity index (χ3n) is 2.85. The Balaban J connectivity index is 2.36. The standard InChI is InChI=1S/C14H10N4O2/c15-6-12-13(7-16)18(9-17-12)8-11-4-2-1-3-10(11)5-14(19)20/h1-4,9H,5,8H2,(H,19,20). The van der Waals surface area contributed by atoms with Crippen LogP contribution in [0.4, 0.5) is 0 Å². The molecule has 0 amide bonds. The average molecular weight is 266 g/mol. The van der Waals surface area contributed by atoms with Gasteiger partial charge in [-0.3, -0.25) is 4.79 Å². The van der Waals surface area contributed by atoms with Gasteiger partial charge < -0.3 is 9.67 Å². The zero-order chi connectivity index (χ0) is 14.5. The molecule has 0 spiro atoms. The summed E-state index contributed by atoms with van der Waals surface area (Å²) in [6.07, 6.45) is 1.33. The van der Waals surface area contributed by atoms with Crippen LogP contribution in [0, 0.1) is 22.7 Å². The van der Waals surface area contributed by atoms with Gasteiger partial charge in [-0.1, -0.05) is 24.3 Å². The molecule has 98 valence electrons. The Morgan fingerprint density at radius 2 is 1.95 bits per heavy atom. The second-order valence-corrected chi connectivity index (χ2v) is 4.13. The Bertz CT molecular complexity index is 734. The Hall–Kier alpha value is -3.12. The van der Waals surface area contributed by atoms with E-state index >= 15 is 0 Å². The number of carboxylic acid groups (broad SMARTS) is 1. The maximum atomic E-state index is 10.8. The highest BCUT2D eigenvalue weighted by Gasteiger charge is 2.12. The van der Waals surface area contributed by atoms with Crippen LogP contribution in [0.25, 0.3) is 0 Å². The van der Waals surface area contributed by atoms with Gasteiger partial charge in [-0.05, 0) is 11.1 Å². The molecule has 1 aromatic heterocycles. The number of nitrogens with zero attached hydrogens (tertiary/aromatic N) is 4. The van der Waals surface area contributed by atoms with Gasteiger partial charge in [0.1, 0.15) is 12.1 Å². The van der Waals surface area contributed by atoms with Gasteiger partial charge in [0.25, 0.3) is 0 Å². The van der Waals surface area contributed by atoms with E-state index in [9.17, 15) is 4.79 Å². The van der Waals surface area contributed by atoms with Gasteiger partial charge >= 0.3 is 5.97 Å². The number of rotatable bonds is 4. The summed E-state index contributed by atoms with van der Waals surface area (Å²) in [5, 5.41) is 26.8. The normalized spacial score (nSPS) is 9.70. The van der Waals surface area contributed by atoms with Crippen LogP contribution >= 0.6 is 0 Å². The van der Waals surface area contributed by atoms with Crippen molar-refractivity contribution >= 4 is 5.97 Å². The summed E-state index contributed by atoms with van der Waals surface area (Å²) in [6, 6.07) is 10.9. The molecule has 0 aliphatic carbocycles. The lowest BCUT2D eigenvalue weighted by Crippen LogP contribution is -2.08. The first-order valence-electron chi connectivity index (χ1n) is 5.79. The molecule has 0 aliphatic heterocycles. The predicted octanol–water partition coefficient (Wildman–Crippen LogP) is 1.30. The molecule has 0 fully saturated rings. The van der Waals surface area contributed by atoms with Crippen LogP contribution in [0.5, 0.6) is 0 Å². The number of carbonyl (C=O) groups is 1. The molecule has 1 N–H and O–H groups in total. The smallest absolute Gasteiger partial charge is 0.307 e. The van der Waals surface area contributed by atoms with Crippen molar-refractivity contribution in [2.45, 2.75) is 13.0 Å². The highest BCUT2D eigenvalue weighted by molar-refractivity contribution is 5.70. The summed E-state index contributed by atoms with van der Waals surface area (Å²) in [5.41, 5.74) is 1.71. The molecule has 1 heterocycles.